The van der Waals surface area contributed by atoms with E-state index in [4.69, 9.17) is 5.73 Å². The summed E-state index contributed by atoms with van der Waals surface area (Å²) in [5, 5.41) is 0. The van der Waals surface area contributed by atoms with Gasteiger partial charge in [0.2, 0.25) is 5.91 Å². The van der Waals surface area contributed by atoms with Crippen molar-refractivity contribution in [1.82, 2.24) is 9.80 Å². The third-order valence-corrected chi connectivity index (χ3v) is 3.86. The minimum absolute atomic E-state index is 0.00919. The number of hydrogen-bond acceptors (Lipinski definition) is 3. The lowest BCUT2D eigenvalue weighted by molar-refractivity contribution is -0.128. The summed E-state index contributed by atoms with van der Waals surface area (Å²) in [6.45, 7) is 5.25. The maximum absolute atomic E-state index is 13.7. The number of nitrogens with two attached hydrogens (primary N) is 1. The van der Waals surface area contributed by atoms with Crippen molar-refractivity contribution in [2.24, 2.45) is 0 Å². The van der Waals surface area contributed by atoms with Gasteiger partial charge in [0.15, 0.2) is 0 Å². The molecule has 0 bridgehead atoms. The van der Waals surface area contributed by atoms with E-state index in [1.54, 1.807) is 16.7 Å². The van der Waals surface area contributed by atoms with E-state index >= 15 is 0 Å². The molecule has 0 aromatic heterocycles. The molecule has 2 rings (SSSR count). The molecule has 1 aromatic carbocycles. The summed E-state index contributed by atoms with van der Waals surface area (Å²) < 4.78 is 13.7. The van der Waals surface area contributed by atoms with E-state index in [1.807, 2.05) is 0 Å². The topological polar surface area (TPSA) is 66.6 Å². The maximum Gasteiger partial charge on any atom is 0.254 e. The molecule has 1 heterocycles. The molecule has 1 saturated heterocycles. The van der Waals surface area contributed by atoms with Crippen LogP contribution in [0.15, 0.2) is 12.1 Å². The molecule has 0 atom stereocenters. The van der Waals surface area contributed by atoms with E-state index in [-0.39, 0.29) is 23.1 Å². The van der Waals surface area contributed by atoms with Gasteiger partial charge in [0, 0.05) is 49.9 Å². The summed E-state index contributed by atoms with van der Waals surface area (Å²) in [7, 11) is 0. The molecule has 1 aliphatic heterocycles. The Morgan fingerprint density at radius 2 is 1.76 bits per heavy atom. The zero-order chi connectivity index (χ0) is 15.6. The number of halogens is 1. The number of rotatable bonds is 1. The Morgan fingerprint density at radius 1 is 1.14 bits per heavy atom. The van der Waals surface area contributed by atoms with Crippen molar-refractivity contribution in [3.05, 3.63) is 29.1 Å². The molecule has 1 fully saturated rings. The second-order valence-corrected chi connectivity index (χ2v) is 5.32. The van der Waals surface area contributed by atoms with Gasteiger partial charge in [-0.25, -0.2) is 4.39 Å². The normalized spacial score (nSPS) is 15.8. The zero-order valence-corrected chi connectivity index (χ0v) is 12.4. The Morgan fingerprint density at radius 3 is 2.38 bits per heavy atom. The Balaban J connectivity index is 2.15. The first kappa shape index (κ1) is 15.3. The fraction of sp³-hybridized carbons (Fsp3) is 0.467. The number of carbonyl (C=O) groups is 2. The smallest absolute Gasteiger partial charge is 0.254 e. The Kier molecular flexibility index (Phi) is 4.45. The fourth-order valence-electron chi connectivity index (χ4n) is 2.44. The number of anilines is 1. The van der Waals surface area contributed by atoms with Gasteiger partial charge >= 0.3 is 0 Å². The SMILES string of the molecule is CC(=O)N1CCCN(C(=O)c2cc(N)c(C)c(F)c2)CC1. The van der Waals surface area contributed by atoms with Gasteiger partial charge in [-0.05, 0) is 25.5 Å². The predicted octanol–water partition coefficient (Wildman–Crippen LogP) is 1.41. The summed E-state index contributed by atoms with van der Waals surface area (Å²) in [5.41, 5.74) is 6.60. The van der Waals surface area contributed by atoms with Crippen LogP contribution in [-0.4, -0.2) is 47.8 Å². The Hall–Kier alpha value is -2.11. The molecule has 2 amide bonds. The Labute approximate surface area is 123 Å². The van der Waals surface area contributed by atoms with Crippen molar-refractivity contribution in [3.63, 3.8) is 0 Å². The molecular weight excluding hydrogens is 273 g/mol. The molecule has 5 nitrogen and oxygen atoms in total. The summed E-state index contributed by atoms with van der Waals surface area (Å²) in [6.07, 6.45) is 0.717. The third kappa shape index (κ3) is 3.32. The molecule has 2 N–H and O–H groups in total. The number of hydrogen-bond donors (Lipinski definition) is 1. The third-order valence-electron chi connectivity index (χ3n) is 3.86. The van der Waals surface area contributed by atoms with E-state index in [0.717, 1.165) is 6.42 Å². The van der Waals surface area contributed by atoms with Gasteiger partial charge in [-0.3, -0.25) is 9.59 Å². The fourth-order valence-corrected chi connectivity index (χ4v) is 2.44. The highest BCUT2D eigenvalue weighted by atomic mass is 19.1. The van der Waals surface area contributed by atoms with Crippen LogP contribution in [-0.2, 0) is 4.79 Å². The first-order valence-corrected chi connectivity index (χ1v) is 7.00. The van der Waals surface area contributed by atoms with E-state index in [9.17, 15) is 14.0 Å². The average molecular weight is 293 g/mol. The number of amides is 2. The summed E-state index contributed by atoms with van der Waals surface area (Å²) in [5.74, 6) is -0.709. The first-order chi connectivity index (χ1) is 9.90. The number of carbonyl (C=O) groups excluding carboxylic acids is 2. The van der Waals surface area contributed by atoms with Gasteiger partial charge in [-0.1, -0.05) is 0 Å². The molecule has 0 unspecified atom stereocenters. The molecule has 114 valence electrons. The van der Waals surface area contributed by atoms with Crippen LogP contribution < -0.4 is 5.73 Å². The maximum atomic E-state index is 13.7. The zero-order valence-electron chi connectivity index (χ0n) is 12.4. The highest BCUT2D eigenvalue weighted by Crippen LogP contribution is 2.19. The van der Waals surface area contributed by atoms with Crippen molar-refractivity contribution in [3.8, 4) is 0 Å². The number of nitrogen functional groups attached to an aromatic ring is 1. The van der Waals surface area contributed by atoms with Crippen molar-refractivity contribution >= 4 is 17.5 Å². The lowest BCUT2D eigenvalue weighted by atomic mass is 10.1. The van der Waals surface area contributed by atoms with Crippen LogP contribution in [0.4, 0.5) is 10.1 Å². The second-order valence-electron chi connectivity index (χ2n) is 5.32. The molecule has 0 saturated carbocycles. The largest absolute Gasteiger partial charge is 0.398 e. The molecule has 1 aliphatic rings. The van der Waals surface area contributed by atoms with Gasteiger partial charge in [0.1, 0.15) is 5.82 Å². The molecule has 1 aromatic rings. The van der Waals surface area contributed by atoms with E-state index < -0.39 is 5.82 Å². The van der Waals surface area contributed by atoms with Crippen molar-refractivity contribution in [2.45, 2.75) is 20.3 Å². The summed E-state index contributed by atoms with van der Waals surface area (Å²) in [6, 6.07) is 2.73. The van der Waals surface area contributed by atoms with Crippen LogP contribution in [0.1, 0.15) is 29.3 Å². The molecular formula is C15H20FN3O2. The molecule has 0 radical (unpaired) electrons. The van der Waals surface area contributed by atoms with Gasteiger partial charge < -0.3 is 15.5 Å². The summed E-state index contributed by atoms with van der Waals surface area (Å²) >= 11 is 0. The van der Waals surface area contributed by atoms with Crippen LogP contribution >= 0.6 is 0 Å². The quantitative estimate of drug-likeness (QED) is 0.796. The van der Waals surface area contributed by atoms with E-state index in [0.29, 0.717) is 31.7 Å². The summed E-state index contributed by atoms with van der Waals surface area (Å²) in [4.78, 5) is 27.2. The van der Waals surface area contributed by atoms with E-state index in [1.165, 1.54) is 19.1 Å². The predicted molar refractivity (Wildman–Crippen MR) is 78.3 cm³/mol. The van der Waals surface area contributed by atoms with Crippen molar-refractivity contribution in [1.29, 1.82) is 0 Å². The van der Waals surface area contributed by atoms with Crippen LogP contribution in [0.2, 0.25) is 0 Å². The van der Waals surface area contributed by atoms with E-state index in [2.05, 4.69) is 0 Å². The average Bonchev–Trinajstić information content (AvgIpc) is 2.69. The van der Waals surface area contributed by atoms with Crippen LogP contribution in [0.5, 0.6) is 0 Å². The lowest BCUT2D eigenvalue weighted by Crippen LogP contribution is -2.36. The van der Waals surface area contributed by atoms with Crippen LogP contribution in [0.25, 0.3) is 0 Å². The Bertz CT molecular complexity index is 551. The van der Waals surface area contributed by atoms with Crippen molar-refractivity contribution < 1.29 is 14.0 Å². The van der Waals surface area contributed by atoms with Crippen LogP contribution in [0, 0.1) is 12.7 Å². The highest BCUT2D eigenvalue weighted by molar-refractivity contribution is 5.95. The standard InChI is InChI=1S/C15H20FN3O2/c1-10-13(16)8-12(9-14(10)17)15(21)19-5-3-4-18(6-7-19)11(2)20/h8-9H,3-7,17H2,1-2H3. The number of nitrogens with zero attached hydrogens (tertiary/aromatic N) is 2. The second kappa shape index (κ2) is 6.11. The monoisotopic (exact) mass is 293 g/mol. The first-order valence-electron chi connectivity index (χ1n) is 7.00. The minimum Gasteiger partial charge on any atom is -0.398 e. The lowest BCUT2D eigenvalue weighted by Gasteiger charge is -2.21. The molecule has 0 aliphatic carbocycles. The minimum atomic E-state index is -0.474. The van der Waals surface area contributed by atoms with Crippen molar-refractivity contribution in [2.75, 3.05) is 31.9 Å². The van der Waals surface area contributed by atoms with Gasteiger partial charge in [0.05, 0.1) is 0 Å². The number of benzene rings is 1. The van der Waals surface area contributed by atoms with Gasteiger partial charge in [-0.15, -0.1) is 0 Å². The highest BCUT2D eigenvalue weighted by Gasteiger charge is 2.22. The molecule has 6 heteroatoms. The van der Waals surface area contributed by atoms with Crippen LogP contribution in [0.3, 0.4) is 0 Å². The molecule has 21 heavy (non-hydrogen) atoms. The molecule has 0 spiro atoms. The van der Waals surface area contributed by atoms with Gasteiger partial charge in [0.25, 0.3) is 5.91 Å². The van der Waals surface area contributed by atoms with Gasteiger partial charge in [-0.2, -0.15) is 0 Å².